The Labute approximate surface area is 115 Å². The van der Waals surface area contributed by atoms with E-state index in [0.717, 1.165) is 16.6 Å². The molecule has 0 aliphatic rings. The normalized spacial score (nSPS) is 12.7. The van der Waals surface area contributed by atoms with Gasteiger partial charge in [0.05, 0.1) is 22.4 Å². The number of aromatic nitrogens is 2. The van der Waals surface area contributed by atoms with Gasteiger partial charge >= 0.3 is 0 Å². The third-order valence-corrected chi connectivity index (χ3v) is 3.64. The quantitative estimate of drug-likeness (QED) is 0.673. The third kappa shape index (κ3) is 2.80. The molecule has 0 saturated carbocycles. The van der Waals surface area contributed by atoms with Gasteiger partial charge < -0.3 is 0 Å². The van der Waals surface area contributed by atoms with Crippen LogP contribution in [0.2, 0.25) is 0 Å². The second-order valence-electron chi connectivity index (χ2n) is 4.41. The Kier molecular flexibility index (Phi) is 4.16. The second kappa shape index (κ2) is 5.65. The molecule has 3 N–H and O–H groups in total. The maximum absolute atomic E-state index is 5.67. The number of nitrogens with two attached hydrogens (primary N) is 1. The molecule has 0 saturated heterocycles. The van der Waals surface area contributed by atoms with Crippen molar-refractivity contribution in [2.24, 2.45) is 12.9 Å². The molecule has 2 aromatic rings. The van der Waals surface area contributed by atoms with E-state index in [-0.39, 0.29) is 6.04 Å². The third-order valence-electron chi connectivity index (χ3n) is 3.03. The van der Waals surface area contributed by atoms with Crippen molar-refractivity contribution in [1.29, 1.82) is 0 Å². The van der Waals surface area contributed by atoms with E-state index < -0.39 is 0 Å². The summed E-state index contributed by atoms with van der Waals surface area (Å²) in [6.07, 6.45) is 2.61. The highest BCUT2D eigenvalue weighted by atomic mass is 79.9. The number of rotatable bonds is 4. The fourth-order valence-electron chi connectivity index (χ4n) is 2.01. The zero-order valence-electron chi connectivity index (χ0n) is 10.5. The number of hydrazine groups is 1. The minimum Gasteiger partial charge on any atom is -0.271 e. The Hall–Kier alpha value is -1.17. The fraction of sp³-hybridized carbons (Fsp3) is 0.308. The van der Waals surface area contributed by atoms with Crippen LogP contribution in [0.25, 0.3) is 0 Å². The average Bonchev–Trinajstić information content (AvgIpc) is 2.69. The molecular weight excluding hydrogens is 292 g/mol. The van der Waals surface area contributed by atoms with Crippen LogP contribution in [0.15, 0.2) is 34.9 Å². The van der Waals surface area contributed by atoms with E-state index in [0.29, 0.717) is 0 Å². The van der Waals surface area contributed by atoms with Gasteiger partial charge in [-0.3, -0.25) is 16.0 Å². The van der Waals surface area contributed by atoms with Crippen LogP contribution in [0.5, 0.6) is 0 Å². The molecule has 2 rings (SSSR count). The number of halogens is 1. The first-order valence-corrected chi connectivity index (χ1v) is 6.60. The number of nitrogens with one attached hydrogen (secondary N) is 1. The molecule has 0 bridgehead atoms. The minimum absolute atomic E-state index is 0.0366. The molecular formula is C13H17BrN4. The molecule has 96 valence electrons. The molecule has 5 heteroatoms. The summed E-state index contributed by atoms with van der Waals surface area (Å²) in [5, 5.41) is 4.21. The van der Waals surface area contributed by atoms with Crippen LogP contribution in [0.4, 0.5) is 0 Å². The van der Waals surface area contributed by atoms with Crippen LogP contribution in [0.1, 0.15) is 22.9 Å². The number of hydrogen-bond acceptors (Lipinski definition) is 3. The highest BCUT2D eigenvalue weighted by molar-refractivity contribution is 9.10. The van der Waals surface area contributed by atoms with Crippen molar-refractivity contribution in [3.05, 3.63) is 51.8 Å². The summed E-state index contributed by atoms with van der Waals surface area (Å²) in [6, 6.07) is 8.52. The van der Waals surface area contributed by atoms with E-state index >= 15 is 0 Å². The summed E-state index contributed by atoms with van der Waals surface area (Å²) in [5.74, 6) is 5.67. The SMILES string of the molecule is Cc1ccc(CC(NN)c2c(Br)cnn2C)cc1. The lowest BCUT2D eigenvalue weighted by Gasteiger charge is -2.17. The predicted molar refractivity (Wildman–Crippen MR) is 75.9 cm³/mol. The van der Waals surface area contributed by atoms with Crippen molar-refractivity contribution in [3.8, 4) is 0 Å². The molecule has 0 fully saturated rings. The second-order valence-corrected chi connectivity index (χ2v) is 5.26. The average molecular weight is 309 g/mol. The largest absolute Gasteiger partial charge is 0.271 e. The Morgan fingerprint density at radius 3 is 2.56 bits per heavy atom. The lowest BCUT2D eigenvalue weighted by Crippen LogP contribution is -2.31. The summed E-state index contributed by atoms with van der Waals surface area (Å²) in [5.41, 5.74) is 6.42. The number of nitrogens with zero attached hydrogens (tertiary/aromatic N) is 2. The summed E-state index contributed by atoms with van der Waals surface area (Å²) in [6.45, 7) is 2.08. The van der Waals surface area contributed by atoms with Gasteiger partial charge in [-0.25, -0.2) is 0 Å². The van der Waals surface area contributed by atoms with Crippen LogP contribution < -0.4 is 11.3 Å². The van der Waals surface area contributed by atoms with Gasteiger partial charge in [0.15, 0.2) is 0 Å². The van der Waals surface area contributed by atoms with Gasteiger partial charge in [-0.2, -0.15) is 5.10 Å². The van der Waals surface area contributed by atoms with Crippen LogP contribution in [0, 0.1) is 6.92 Å². The first-order valence-electron chi connectivity index (χ1n) is 5.81. The summed E-state index contributed by atoms with van der Waals surface area (Å²) < 4.78 is 2.81. The van der Waals surface area contributed by atoms with Crippen molar-refractivity contribution in [2.45, 2.75) is 19.4 Å². The highest BCUT2D eigenvalue weighted by Gasteiger charge is 2.17. The molecule has 1 aromatic carbocycles. The molecule has 0 aliphatic heterocycles. The summed E-state index contributed by atoms with van der Waals surface area (Å²) in [4.78, 5) is 0. The summed E-state index contributed by atoms with van der Waals surface area (Å²) in [7, 11) is 1.92. The zero-order valence-corrected chi connectivity index (χ0v) is 12.1. The van der Waals surface area contributed by atoms with E-state index in [1.807, 2.05) is 11.7 Å². The lowest BCUT2D eigenvalue weighted by atomic mass is 10.0. The van der Waals surface area contributed by atoms with Crippen molar-refractivity contribution >= 4 is 15.9 Å². The molecule has 0 radical (unpaired) electrons. The van der Waals surface area contributed by atoms with Gasteiger partial charge in [0.25, 0.3) is 0 Å². The predicted octanol–water partition coefficient (Wildman–Crippen LogP) is 2.24. The van der Waals surface area contributed by atoms with Crippen molar-refractivity contribution in [1.82, 2.24) is 15.2 Å². The maximum Gasteiger partial charge on any atom is 0.0709 e. The Balaban J connectivity index is 2.22. The molecule has 18 heavy (non-hydrogen) atoms. The number of hydrogen-bond donors (Lipinski definition) is 2. The smallest absolute Gasteiger partial charge is 0.0709 e. The minimum atomic E-state index is 0.0366. The lowest BCUT2D eigenvalue weighted by molar-refractivity contribution is 0.506. The molecule has 1 aromatic heterocycles. The van der Waals surface area contributed by atoms with Gasteiger partial charge in [-0.15, -0.1) is 0 Å². The Morgan fingerprint density at radius 2 is 2.06 bits per heavy atom. The summed E-state index contributed by atoms with van der Waals surface area (Å²) >= 11 is 3.50. The topological polar surface area (TPSA) is 55.9 Å². The first kappa shape index (κ1) is 13.3. The van der Waals surface area contributed by atoms with Crippen LogP contribution in [-0.2, 0) is 13.5 Å². The van der Waals surface area contributed by atoms with Crippen molar-refractivity contribution < 1.29 is 0 Å². The van der Waals surface area contributed by atoms with E-state index in [9.17, 15) is 0 Å². The van der Waals surface area contributed by atoms with E-state index in [4.69, 9.17) is 5.84 Å². The number of benzene rings is 1. The molecule has 0 aliphatic carbocycles. The number of aryl methyl sites for hydroxylation is 2. The van der Waals surface area contributed by atoms with Gasteiger partial charge in [-0.1, -0.05) is 29.8 Å². The van der Waals surface area contributed by atoms with E-state index in [1.54, 1.807) is 6.20 Å². The Morgan fingerprint density at radius 1 is 1.39 bits per heavy atom. The maximum atomic E-state index is 5.67. The first-order chi connectivity index (χ1) is 8.61. The monoisotopic (exact) mass is 308 g/mol. The molecule has 1 atom stereocenters. The zero-order chi connectivity index (χ0) is 13.1. The molecule has 0 amide bonds. The Bertz CT molecular complexity index is 499. The van der Waals surface area contributed by atoms with Crippen molar-refractivity contribution in [2.75, 3.05) is 0 Å². The molecule has 1 unspecified atom stereocenters. The van der Waals surface area contributed by atoms with Gasteiger partial charge in [-0.05, 0) is 34.8 Å². The molecule has 4 nitrogen and oxygen atoms in total. The molecule has 0 spiro atoms. The van der Waals surface area contributed by atoms with Crippen LogP contribution in [0.3, 0.4) is 0 Å². The van der Waals surface area contributed by atoms with Gasteiger partial charge in [0.2, 0.25) is 0 Å². The van der Waals surface area contributed by atoms with Gasteiger partial charge in [0, 0.05) is 7.05 Å². The van der Waals surface area contributed by atoms with E-state index in [2.05, 4.69) is 57.6 Å². The van der Waals surface area contributed by atoms with E-state index in [1.165, 1.54) is 11.1 Å². The molecule has 1 heterocycles. The van der Waals surface area contributed by atoms with Crippen molar-refractivity contribution in [3.63, 3.8) is 0 Å². The van der Waals surface area contributed by atoms with Gasteiger partial charge in [0.1, 0.15) is 0 Å². The van der Waals surface area contributed by atoms with Crippen LogP contribution >= 0.6 is 15.9 Å². The fourth-order valence-corrected chi connectivity index (χ4v) is 2.63. The van der Waals surface area contributed by atoms with Crippen LogP contribution in [-0.4, -0.2) is 9.78 Å². The highest BCUT2D eigenvalue weighted by Crippen LogP contribution is 2.25. The standard InChI is InChI=1S/C13H17BrN4/c1-9-3-5-10(6-4-9)7-12(17-15)13-11(14)8-16-18(13)2/h3-6,8,12,17H,7,15H2,1-2H3.